The van der Waals surface area contributed by atoms with Gasteiger partial charge in [0.2, 0.25) is 0 Å². The Morgan fingerprint density at radius 2 is 1.62 bits per heavy atom. The molecule has 1 heterocycles. The largest absolute Gasteiger partial charge is 0.507 e. The summed E-state index contributed by atoms with van der Waals surface area (Å²) in [6.07, 6.45) is 5.74. The lowest BCUT2D eigenvalue weighted by Crippen LogP contribution is -2.48. The van der Waals surface area contributed by atoms with Gasteiger partial charge in [-0.05, 0) is 47.4 Å². The highest BCUT2D eigenvalue weighted by atomic mass is 16.5. The summed E-state index contributed by atoms with van der Waals surface area (Å²) in [5.41, 5.74) is 4.40. The van der Waals surface area contributed by atoms with Gasteiger partial charge < -0.3 is 14.6 Å². The van der Waals surface area contributed by atoms with Crippen molar-refractivity contribution < 1.29 is 19.4 Å². The van der Waals surface area contributed by atoms with Gasteiger partial charge in [-0.15, -0.1) is 0 Å². The van der Waals surface area contributed by atoms with E-state index in [0.29, 0.717) is 18.8 Å². The number of aromatic hydroxyl groups is 1. The Labute approximate surface area is 237 Å². The number of ether oxygens (including phenoxy) is 2. The van der Waals surface area contributed by atoms with Gasteiger partial charge in [0.05, 0.1) is 26.0 Å². The molecule has 1 aliphatic heterocycles. The summed E-state index contributed by atoms with van der Waals surface area (Å²) in [6.45, 7) is 10.2. The molecule has 3 aromatic carbocycles. The van der Waals surface area contributed by atoms with Crippen molar-refractivity contribution in [3.05, 3.63) is 65.7 Å². The number of carbonyl (C=O) groups excluding carboxylic acids is 1. The van der Waals surface area contributed by atoms with Crippen LogP contribution in [0.2, 0.25) is 0 Å². The van der Waals surface area contributed by atoms with E-state index in [-0.39, 0.29) is 18.2 Å². The molecule has 3 aromatic rings. The van der Waals surface area contributed by atoms with Gasteiger partial charge in [0.1, 0.15) is 5.75 Å². The van der Waals surface area contributed by atoms with Crippen LogP contribution in [0.25, 0.3) is 10.8 Å². The third-order valence-electron chi connectivity index (χ3n) is 7.09. The maximum absolute atomic E-state index is 12.5. The van der Waals surface area contributed by atoms with Crippen LogP contribution in [0.5, 0.6) is 17.2 Å². The third kappa shape index (κ3) is 8.44. The first kappa shape index (κ1) is 29.4. The lowest BCUT2D eigenvalue weighted by atomic mass is 10.0. The van der Waals surface area contributed by atoms with E-state index in [0.717, 1.165) is 80.7 Å². The number of benzene rings is 3. The molecule has 1 amide bonds. The average molecular weight is 547 g/mol. The van der Waals surface area contributed by atoms with Crippen molar-refractivity contribution in [2.45, 2.75) is 46.1 Å². The number of amides is 1. The molecule has 1 fully saturated rings. The van der Waals surface area contributed by atoms with Gasteiger partial charge in [0, 0.05) is 38.3 Å². The summed E-state index contributed by atoms with van der Waals surface area (Å²) in [5.74, 6) is 1.61. The average Bonchev–Trinajstić information content (AvgIpc) is 2.96. The van der Waals surface area contributed by atoms with Gasteiger partial charge in [-0.3, -0.25) is 14.6 Å². The monoisotopic (exact) mass is 546 g/mol. The van der Waals surface area contributed by atoms with Crippen LogP contribution >= 0.6 is 0 Å². The Morgan fingerprint density at radius 3 is 2.38 bits per heavy atom. The van der Waals surface area contributed by atoms with Crippen molar-refractivity contribution in [2.75, 3.05) is 45.9 Å². The molecule has 0 radical (unpaired) electrons. The number of phenols is 1. The fourth-order valence-corrected chi connectivity index (χ4v) is 4.73. The second-order valence-electron chi connectivity index (χ2n) is 10.3. The predicted molar refractivity (Wildman–Crippen MR) is 160 cm³/mol. The van der Waals surface area contributed by atoms with Crippen LogP contribution in [0.15, 0.2) is 59.7 Å². The fraction of sp³-hybridized carbons (Fsp3) is 0.438. The Morgan fingerprint density at radius 1 is 0.925 bits per heavy atom. The second kappa shape index (κ2) is 15.2. The van der Waals surface area contributed by atoms with Crippen molar-refractivity contribution in [1.29, 1.82) is 0 Å². The zero-order valence-electron chi connectivity index (χ0n) is 23.8. The highest BCUT2D eigenvalue weighted by Gasteiger charge is 2.19. The standard InChI is InChI=1S/C32H42N4O4/c1-3-5-19-39-30-14-11-25(21-31(30)40-20-6-4-2)23-35-15-17-36(18-16-35)24-32(38)34-33-22-28-27-10-8-7-9-26(27)12-13-29(28)37/h7-14,21-22,37H,3-6,15-20,23-24H2,1-2H3,(H,34,38)/b33-22+. The van der Waals surface area contributed by atoms with Crippen molar-refractivity contribution in [3.63, 3.8) is 0 Å². The number of carbonyl (C=O) groups is 1. The number of unbranched alkanes of at least 4 members (excludes halogenated alkanes) is 2. The van der Waals surface area contributed by atoms with E-state index in [1.54, 1.807) is 6.07 Å². The zero-order chi connectivity index (χ0) is 28.2. The SMILES string of the molecule is CCCCOc1ccc(CN2CCN(CC(=O)N/N=C/c3c(O)ccc4ccccc34)CC2)cc1OCCCC. The summed E-state index contributed by atoms with van der Waals surface area (Å²) in [5, 5.41) is 16.3. The molecule has 0 spiro atoms. The molecule has 0 saturated carbocycles. The lowest BCUT2D eigenvalue weighted by Gasteiger charge is -2.34. The number of hydrogen-bond donors (Lipinski definition) is 2. The third-order valence-corrected chi connectivity index (χ3v) is 7.09. The summed E-state index contributed by atoms with van der Waals surface area (Å²) >= 11 is 0. The maximum Gasteiger partial charge on any atom is 0.254 e. The molecule has 0 unspecified atom stereocenters. The van der Waals surface area contributed by atoms with Crippen LogP contribution in [0.1, 0.15) is 50.7 Å². The van der Waals surface area contributed by atoms with Crippen LogP contribution in [-0.4, -0.2) is 73.0 Å². The molecule has 8 nitrogen and oxygen atoms in total. The highest BCUT2D eigenvalue weighted by Crippen LogP contribution is 2.30. The molecule has 214 valence electrons. The van der Waals surface area contributed by atoms with Gasteiger partial charge >= 0.3 is 0 Å². The first-order chi connectivity index (χ1) is 19.6. The molecule has 8 heteroatoms. The van der Waals surface area contributed by atoms with E-state index in [1.165, 1.54) is 11.8 Å². The number of rotatable bonds is 14. The molecular weight excluding hydrogens is 504 g/mol. The number of hydrogen-bond acceptors (Lipinski definition) is 7. The van der Waals surface area contributed by atoms with E-state index in [9.17, 15) is 9.90 Å². The van der Waals surface area contributed by atoms with Gasteiger partial charge in [-0.25, -0.2) is 5.43 Å². The van der Waals surface area contributed by atoms with Crippen LogP contribution < -0.4 is 14.9 Å². The number of nitrogens with one attached hydrogen (secondary N) is 1. The Hall–Kier alpha value is -3.62. The summed E-state index contributed by atoms with van der Waals surface area (Å²) < 4.78 is 12.0. The van der Waals surface area contributed by atoms with Gasteiger partial charge in [0.25, 0.3) is 5.91 Å². The van der Waals surface area contributed by atoms with Crippen molar-refractivity contribution in [1.82, 2.24) is 15.2 Å². The van der Waals surface area contributed by atoms with Gasteiger partial charge in [-0.2, -0.15) is 5.10 Å². The van der Waals surface area contributed by atoms with Gasteiger partial charge in [0.15, 0.2) is 11.5 Å². The summed E-state index contributed by atoms with van der Waals surface area (Å²) in [4.78, 5) is 17.1. The van der Waals surface area contributed by atoms with Crippen LogP contribution in [-0.2, 0) is 11.3 Å². The molecule has 0 atom stereocenters. The van der Waals surface area contributed by atoms with E-state index in [2.05, 4.69) is 46.3 Å². The normalized spacial score (nSPS) is 14.6. The predicted octanol–water partition coefficient (Wildman–Crippen LogP) is 5.17. The minimum Gasteiger partial charge on any atom is -0.507 e. The quantitative estimate of drug-likeness (QED) is 0.165. The smallest absolute Gasteiger partial charge is 0.254 e. The minimum absolute atomic E-state index is 0.131. The van der Waals surface area contributed by atoms with E-state index in [1.807, 2.05) is 36.4 Å². The minimum atomic E-state index is -0.169. The van der Waals surface area contributed by atoms with Crippen LogP contribution in [0.3, 0.4) is 0 Å². The Bertz CT molecular complexity index is 1270. The molecular formula is C32H42N4O4. The Kier molecular flexibility index (Phi) is 11.2. The van der Waals surface area contributed by atoms with E-state index < -0.39 is 0 Å². The van der Waals surface area contributed by atoms with Crippen LogP contribution in [0.4, 0.5) is 0 Å². The summed E-state index contributed by atoms with van der Waals surface area (Å²) in [6, 6.07) is 17.5. The summed E-state index contributed by atoms with van der Waals surface area (Å²) in [7, 11) is 0. The number of nitrogens with zero attached hydrogens (tertiary/aromatic N) is 3. The molecule has 40 heavy (non-hydrogen) atoms. The van der Waals surface area contributed by atoms with Crippen molar-refractivity contribution in [2.24, 2.45) is 5.10 Å². The molecule has 2 N–H and O–H groups in total. The number of hydrazone groups is 1. The molecule has 0 bridgehead atoms. The van der Waals surface area contributed by atoms with E-state index >= 15 is 0 Å². The van der Waals surface area contributed by atoms with Gasteiger partial charge in [-0.1, -0.05) is 63.1 Å². The highest BCUT2D eigenvalue weighted by molar-refractivity contribution is 6.02. The van der Waals surface area contributed by atoms with Crippen molar-refractivity contribution in [3.8, 4) is 17.2 Å². The second-order valence-corrected chi connectivity index (χ2v) is 10.3. The fourth-order valence-electron chi connectivity index (χ4n) is 4.73. The maximum atomic E-state index is 12.5. The van der Waals surface area contributed by atoms with E-state index in [4.69, 9.17) is 9.47 Å². The zero-order valence-corrected chi connectivity index (χ0v) is 23.8. The lowest BCUT2D eigenvalue weighted by molar-refractivity contribution is -0.122. The number of fused-ring (bicyclic) bond motifs is 1. The number of phenolic OH excluding ortho intramolecular Hbond substituents is 1. The molecule has 1 saturated heterocycles. The first-order valence-electron chi connectivity index (χ1n) is 14.4. The van der Waals surface area contributed by atoms with Crippen LogP contribution in [0, 0.1) is 0 Å². The number of piperazine rings is 1. The molecule has 0 aromatic heterocycles. The van der Waals surface area contributed by atoms with Crippen molar-refractivity contribution >= 4 is 22.9 Å². The molecule has 1 aliphatic rings. The molecule has 4 rings (SSSR count). The first-order valence-corrected chi connectivity index (χ1v) is 14.4. The topological polar surface area (TPSA) is 86.6 Å². The molecule has 0 aliphatic carbocycles. The Balaban J connectivity index is 1.25.